The number of carboxylic acids is 1. The molecule has 1 aliphatic heterocycles. The summed E-state index contributed by atoms with van der Waals surface area (Å²) in [6.45, 7) is 3.96. The molecular formula is C14H20ClNO2. The fourth-order valence-electron chi connectivity index (χ4n) is 2.27. The summed E-state index contributed by atoms with van der Waals surface area (Å²) in [4.78, 5) is 13.2. The van der Waals surface area contributed by atoms with E-state index in [0.29, 0.717) is 0 Å². The van der Waals surface area contributed by atoms with Gasteiger partial charge in [-0.3, -0.25) is 4.79 Å². The molecule has 1 fully saturated rings. The van der Waals surface area contributed by atoms with E-state index >= 15 is 0 Å². The maximum absolute atomic E-state index is 10.9. The zero-order valence-electron chi connectivity index (χ0n) is 10.6. The lowest BCUT2D eigenvalue weighted by Crippen LogP contribution is -2.29. The monoisotopic (exact) mass is 269 g/mol. The number of hydrogen-bond acceptors (Lipinski definition) is 2. The molecule has 2 rings (SSSR count). The van der Waals surface area contributed by atoms with Gasteiger partial charge in [0.1, 0.15) is 0 Å². The third-order valence-corrected chi connectivity index (χ3v) is 3.48. The maximum Gasteiger partial charge on any atom is 0.310 e. The van der Waals surface area contributed by atoms with E-state index in [4.69, 9.17) is 5.11 Å². The molecule has 1 aliphatic rings. The number of carbonyl (C=O) groups is 1. The number of piperidine rings is 1. The summed E-state index contributed by atoms with van der Waals surface area (Å²) in [5.41, 5.74) is 2.09. The van der Waals surface area contributed by atoms with Crippen molar-refractivity contribution in [3.63, 3.8) is 0 Å². The van der Waals surface area contributed by atoms with Crippen LogP contribution in [0.1, 0.15) is 37.7 Å². The molecule has 3 nitrogen and oxygen atoms in total. The van der Waals surface area contributed by atoms with Crippen LogP contribution in [0.3, 0.4) is 0 Å². The number of nitrogens with zero attached hydrogens (tertiary/aromatic N) is 1. The number of benzene rings is 1. The SMILES string of the molecule is CC(C(=O)O)c1ccc(N2CCCCC2)cc1.Cl. The smallest absolute Gasteiger partial charge is 0.310 e. The minimum absolute atomic E-state index is 0. The molecule has 1 aromatic rings. The lowest BCUT2D eigenvalue weighted by atomic mass is 10.0. The van der Waals surface area contributed by atoms with Gasteiger partial charge >= 0.3 is 5.97 Å². The molecular weight excluding hydrogens is 250 g/mol. The standard InChI is InChI=1S/C14H19NO2.ClH/c1-11(14(16)17)12-5-7-13(8-6-12)15-9-3-2-4-10-15;/h5-8,11H,2-4,9-10H2,1H3,(H,16,17);1H. The number of anilines is 1. The normalized spacial score (nSPS) is 16.8. The van der Waals surface area contributed by atoms with Crippen LogP contribution in [-0.4, -0.2) is 24.2 Å². The van der Waals surface area contributed by atoms with Crippen LogP contribution in [0, 0.1) is 0 Å². The highest BCUT2D eigenvalue weighted by Crippen LogP contribution is 2.23. The molecule has 4 heteroatoms. The summed E-state index contributed by atoms with van der Waals surface area (Å²) in [6, 6.07) is 7.95. The van der Waals surface area contributed by atoms with Gasteiger partial charge in [-0.2, -0.15) is 0 Å². The Balaban J connectivity index is 0.00000162. The Kier molecular flexibility index (Phi) is 5.48. The molecule has 0 aromatic heterocycles. The fraction of sp³-hybridized carbons (Fsp3) is 0.500. The van der Waals surface area contributed by atoms with Gasteiger partial charge < -0.3 is 10.0 Å². The van der Waals surface area contributed by atoms with Crippen molar-refractivity contribution >= 4 is 24.1 Å². The average molecular weight is 270 g/mol. The first-order valence-corrected chi connectivity index (χ1v) is 6.26. The second-order valence-corrected chi connectivity index (χ2v) is 4.70. The summed E-state index contributed by atoms with van der Waals surface area (Å²) in [7, 11) is 0. The molecule has 1 aromatic carbocycles. The van der Waals surface area contributed by atoms with Gasteiger partial charge in [0, 0.05) is 18.8 Å². The first-order valence-electron chi connectivity index (χ1n) is 6.26. The summed E-state index contributed by atoms with van der Waals surface area (Å²) >= 11 is 0. The number of hydrogen-bond donors (Lipinski definition) is 1. The molecule has 1 heterocycles. The molecule has 0 aliphatic carbocycles. The zero-order valence-corrected chi connectivity index (χ0v) is 11.4. The van der Waals surface area contributed by atoms with Crippen LogP contribution in [-0.2, 0) is 4.79 Å². The predicted octanol–water partition coefficient (Wildman–Crippen LogP) is 3.29. The van der Waals surface area contributed by atoms with Gasteiger partial charge in [-0.15, -0.1) is 12.4 Å². The fourth-order valence-corrected chi connectivity index (χ4v) is 2.27. The minimum atomic E-state index is -0.768. The third-order valence-electron chi connectivity index (χ3n) is 3.48. The molecule has 0 radical (unpaired) electrons. The summed E-state index contributed by atoms with van der Waals surface area (Å²) in [6.07, 6.45) is 3.84. The van der Waals surface area contributed by atoms with Gasteiger partial charge in [0.2, 0.25) is 0 Å². The lowest BCUT2D eigenvalue weighted by Gasteiger charge is -2.29. The van der Waals surface area contributed by atoms with E-state index in [0.717, 1.165) is 18.7 Å². The molecule has 1 atom stereocenters. The molecule has 1 unspecified atom stereocenters. The van der Waals surface area contributed by atoms with Gasteiger partial charge in [0.25, 0.3) is 0 Å². The van der Waals surface area contributed by atoms with Crippen LogP contribution in [0.4, 0.5) is 5.69 Å². The molecule has 0 saturated carbocycles. The largest absolute Gasteiger partial charge is 0.481 e. The number of rotatable bonds is 3. The Morgan fingerprint density at radius 1 is 1.17 bits per heavy atom. The van der Waals surface area contributed by atoms with Crippen LogP contribution < -0.4 is 4.90 Å². The Morgan fingerprint density at radius 3 is 2.22 bits per heavy atom. The van der Waals surface area contributed by atoms with Crippen LogP contribution >= 0.6 is 12.4 Å². The molecule has 100 valence electrons. The van der Waals surface area contributed by atoms with Gasteiger partial charge in [-0.1, -0.05) is 12.1 Å². The lowest BCUT2D eigenvalue weighted by molar-refractivity contribution is -0.138. The van der Waals surface area contributed by atoms with Gasteiger partial charge in [0.15, 0.2) is 0 Å². The molecule has 18 heavy (non-hydrogen) atoms. The van der Waals surface area contributed by atoms with E-state index in [1.807, 2.05) is 24.3 Å². The summed E-state index contributed by atoms with van der Waals surface area (Å²) in [5.74, 6) is -1.19. The minimum Gasteiger partial charge on any atom is -0.481 e. The van der Waals surface area contributed by atoms with Crippen molar-refractivity contribution in [3.05, 3.63) is 29.8 Å². The summed E-state index contributed by atoms with van der Waals surface area (Å²) in [5, 5.41) is 8.94. The molecule has 1 saturated heterocycles. The second-order valence-electron chi connectivity index (χ2n) is 4.70. The van der Waals surface area contributed by atoms with Crippen LogP contribution in [0.15, 0.2) is 24.3 Å². The van der Waals surface area contributed by atoms with Crippen LogP contribution in [0.5, 0.6) is 0 Å². The van der Waals surface area contributed by atoms with Crippen LogP contribution in [0.25, 0.3) is 0 Å². The highest BCUT2D eigenvalue weighted by molar-refractivity contribution is 5.85. The Labute approximate surface area is 114 Å². The van der Waals surface area contributed by atoms with E-state index in [1.165, 1.54) is 24.9 Å². The van der Waals surface area contributed by atoms with Gasteiger partial charge in [-0.25, -0.2) is 0 Å². The van der Waals surface area contributed by atoms with Crippen molar-refractivity contribution < 1.29 is 9.90 Å². The van der Waals surface area contributed by atoms with E-state index in [2.05, 4.69) is 4.90 Å². The van der Waals surface area contributed by atoms with Gasteiger partial charge in [0.05, 0.1) is 5.92 Å². The zero-order chi connectivity index (χ0) is 12.3. The third kappa shape index (κ3) is 3.39. The highest BCUT2D eigenvalue weighted by atomic mass is 35.5. The number of aliphatic carboxylic acids is 1. The summed E-state index contributed by atoms with van der Waals surface area (Å²) < 4.78 is 0. The van der Waals surface area contributed by atoms with Crippen molar-refractivity contribution in [1.29, 1.82) is 0 Å². The highest BCUT2D eigenvalue weighted by Gasteiger charge is 2.15. The number of carboxylic acid groups (broad SMARTS) is 1. The van der Waals surface area contributed by atoms with E-state index in [1.54, 1.807) is 6.92 Å². The van der Waals surface area contributed by atoms with Crippen LogP contribution in [0.2, 0.25) is 0 Å². The van der Waals surface area contributed by atoms with Crippen molar-refractivity contribution in [1.82, 2.24) is 0 Å². The average Bonchev–Trinajstić information content (AvgIpc) is 2.39. The van der Waals surface area contributed by atoms with E-state index < -0.39 is 11.9 Å². The maximum atomic E-state index is 10.9. The van der Waals surface area contributed by atoms with Crippen molar-refractivity contribution in [3.8, 4) is 0 Å². The molecule has 0 bridgehead atoms. The topological polar surface area (TPSA) is 40.5 Å². The van der Waals surface area contributed by atoms with Crippen molar-refractivity contribution in [2.24, 2.45) is 0 Å². The number of halogens is 1. The second kappa shape index (κ2) is 6.64. The Bertz CT molecular complexity index is 385. The van der Waals surface area contributed by atoms with Crippen molar-refractivity contribution in [2.75, 3.05) is 18.0 Å². The Morgan fingerprint density at radius 2 is 1.72 bits per heavy atom. The molecule has 0 spiro atoms. The Hall–Kier alpha value is -1.22. The van der Waals surface area contributed by atoms with Crippen molar-refractivity contribution in [2.45, 2.75) is 32.1 Å². The first-order chi connectivity index (χ1) is 8.18. The molecule has 1 N–H and O–H groups in total. The van der Waals surface area contributed by atoms with Gasteiger partial charge in [-0.05, 0) is 43.9 Å². The predicted molar refractivity (Wildman–Crippen MR) is 75.8 cm³/mol. The first kappa shape index (κ1) is 14.8. The van der Waals surface area contributed by atoms with E-state index in [9.17, 15) is 4.79 Å². The quantitative estimate of drug-likeness (QED) is 0.915. The van der Waals surface area contributed by atoms with E-state index in [-0.39, 0.29) is 12.4 Å². The molecule has 0 amide bonds.